The maximum Gasteiger partial charge on any atom is 0.344 e. The van der Waals surface area contributed by atoms with E-state index in [1.807, 2.05) is 68.4 Å². The van der Waals surface area contributed by atoms with E-state index >= 15 is 0 Å². The molecule has 2 aromatic carbocycles. The van der Waals surface area contributed by atoms with Crippen molar-refractivity contribution in [2.45, 2.75) is 39.3 Å². The number of anilines is 1. The highest BCUT2D eigenvalue weighted by atomic mass is 16.6. The van der Waals surface area contributed by atoms with Gasteiger partial charge >= 0.3 is 5.97 Å². The van der Waals surface area contributed by atoms with Crippen LogP contribution in [0.5, 0.6) is 5.75 Å². The molecule has 31 heavy (non-hydrogen) atoms. The minimum absolute atomic E-state index is 0.0903. The van der Waals surface area contributed by atoms with Crippen molar-refractivity contribution < 1.29 is 19.1 Å². The van der Waals surface area contributed by atoms with E-state index in [9.17, 15) is 9.59 Å². The first-order valence-electron chi connectivity index (χ1n) is 10.2. The molecule has 1 heterocycles. The molecule has 0 saturated carbocycles. The van der Waals surface area contributed by atoms with E-state index in [0.29, 0.717) is 18.0 Å². The van der Waals surface area contributed by atoms with Crippen LogP contribution >= 0.6 is 0 Å². The molecule has 1 atom stereocenters. The number of benzene rings is 2. The van der Waals surface area contributed by atoms with Gasteiger partial charge in [0, 0.05) is 18.5 Å². The van der Waals surface area contributed by atoms with Crippen LogP contribution in [0, 0.1) is 0 Å². The third kappa shape index (κ3) is 6.18. The Bertz CT molecular complexity index is 1010. The second kappa shape index (κ2) is 10.4. The molecule has 3 rings (SSSR count). The standard InChI is InChI=1S/C24H27N3O4/c1-17(2)27-22(13-14-25-27)26-24(29)18(3)31-23(28)16-30-21-12-8-7-11-20(21)15-19-9-5-4-6-10-19/h4-14,17-18H,15-16H2,1-3H3,(H,26,29)/t18-/m1/s1. The number of hydrogen-bond donors (Lipinski definition) is 1. The smallest absolute Gasteiger partial charge is 0.344 e. The van der Waals surface area contributed by atoms with Crippen LogP contribution in [0.3, 0.4) is 0 Å². The predicted octanol–water partition coefficient (Wildman–Crippen LogP) is 4.00. The summed E-state index contributed by atoms with van der Waals surface area (Å²) < 4.78 is 12.6. The molecule has 3 aromatic rings. The van der Waals surface area contributed by atoms with E-state index in [2.05, 4.69) is 10.4 Å². The third-order valence-corrected chi connectivity index (χ3v) is 4.64. The summed E-state index contributed by atoms with van der Waals surface area (Å²) >= 11 is 0. The van der Waals surface area contributed by atoms with Gasteiger partial charge in [0.1, 0.15) is 11.6 Å². The molecule has 0 bridgehead atoms. The highest BCUT2D eigenvalue weighted by Gasteiger charge is 2.20. The molecule has 0 unspecified atom stereocenters. The second-order valence-electron chi connectivity index (χ2n) is 7.43. The molecule has 7 nitrogen and oxygen atoms in total. The fourth-order valence-electron chi connectivity index (χ4n) is 3.08. The molecule has 0 radical (unpaired) electrons. The summed E-state index contributed by atoms with van der Waals surface area (Å²) in [5, 5.41) is 6.90. The normalized spacial score (nSPS) is 11.7. The highest BCUT2D eigenvalue weighted by Crippen LogP contribution is 2.21. The topological polar surface area (TPSA) is 82.5 Å². The number of esters is 1. The number of carbonyl (C=O) groups is 2. The number of carbonyl (C=O) groups excluding carboxylic acids is 2. The summed E-state index contributed by atoms with van der Waals surface area (Å²) in [5.74, 6) is 0.116. The van der Waals surface area contributed by atoms with Crippen LogP contribution in [0.1, 0.15) is 37.9 Å². The minimum Gasteiger partial charge on any atom is -0.482 e. The fraction of sp³-hybridized carbons (Fsp3) is 0.292. The number of aromatic nitrogens is 2. The number of rotatable bonds is 9. The monoisotopic (exact) mass is 421 g/mol. The van der Waals surface area contributed by atoms with Crippen LogP contribution in [0.25, 0.3) is 0 Å². The summed E-state index contributed by atoms with van der Waals surface area (Å²) in [6, 6.07) is 19.3. The van der Waals surface area contributed by atoms with Crippen molar-refractivity contribution in [3.63, 3.8) is 0 Å². The predicted molar refractivity (Wildman–Crippen MR) is 118 cm³/mol. The van der Waals surface area contributed by atoms with Gasteiger partial charge in [0.15, 0.2) is 12.7 Å². The molecule has 0 fully saturated rings. The Kier molecular flexibility index (Phi) is 7.43. The average Bonchev–Trinajstić information content (AvgIpc) is 3.22. The van der Waals surface area contributed by atoms with E-state index in [4.69, 9.17) is 9.47 Å². The van der Waals surface area contributed by atoms with Crippen LogP contribution in [0.2, 0.25) is 0 Å². The minimum atomic E-state index is -0.967. The molecule has 0 saturated heterocycles. The SMILES string of the molecule is CC(C)n1nccc1NC(=O)[C@@H](C)OC(=O)COc1ccccc1Cc1ccccc1. The zero-order chi connectivity index (χ0) is 22.2. The molecule has 0 aliphatic heterocycles. The van der Waals surface area contributed by atoms with Crippen LogP contribution in [-0.4, -0.2) is 34.4 Å². The highest BCUT2D eigenvalue weighted by molar-refractivity contribution is 5.94. The Morgan fingerprint density at radius 2 is 1.71 bits per heavy atom. The van der Waals surface area contributed by atoms with E-state index < -0.39 is 18.0 Å². The maximum absolute atomic E-state index is 12.4. The molecular weight excluding hydrogens is 394 g/mol. The molecule has 7 heteroatoms. The van der Waals surface area contributed by atoms with Gasteiger partial charge in [-0.25, -0.2) is 9.48 Å². The van der Waals surface area contributed by atoms with Crippen molar-refractivity contribution in [2.75, 3.05) is 11.9 Å². The second-order valence-corrected chi connectivity index (χ2v) is 7.43. The number of hydrogen-bond acceptors (Lipinski definition) is 5. The number of para-hydroxylation sites is 1. The molecular formula is C24H27N3O4. The molecule has 162 valence electrons. The van der Waals surface area contributed by atoms with Gasteiger partial charge < -0.3 is 14.8 Å². The van der Waals surface area contributed by atoms with Crippen molar-refractivity contribution >= 4 is 17.7 Å². The Hall–Kier alpha value is -3.61. The van der Waals surface area contributed by atoms with Gasteiger partial charge in [-0.15, -0.1) is 0 Å². The quantitative estimate of drug-likeness (QED) is 0.528. The first kappa shape index (κ1) is 22.1. The van der Waals surface area contributed by atoms with Gasteiger partial charge in [0.25, 0.3) is 5.91 Å². The van der Waals surface area contributed by atoms with Crippen LogP contribution in [-0.2, 0) is 20.7 Å². The van der Waals surface area contributed by atoms with Gasteiger partial charge in [-0.1, -0.05) is 48.5 Å². The van der Waals surface area contributed by atoms with Gasteiger partial charge in [0.2, 0.25) is 0 Å². The van der Waals surface area contributed by atoms with Gasteiger partial charge in [0.05, 0.1) is 6.20 Å². The number of nitrogens with one attached hydrogen (secondary N) is 1. The van der Waals surface area contributed by atoms with Crippen molar-refractivity contribution in [1.82, 2.24) is 9.78 Å². The molecule has 0 aliphatic carbocycles. The lowest BCUT2D eigenvalue weighted by molar-refractivity contribution is -0.155. The summed E-state index contributed by atoms with van der Waals surface area (Å²) in [5.41, 5.74) is 2.11. The fourth-order valence-corrected chi connectivity index (χ4v) is 3.08. The van der Waals surface area contributed by atoms with Crippen LogP contribution in [0.15, 0.2) is 66.9 Å². The van der Waals surface area contributed by atoms with E-state index in [-0.39, 0.29) is 12.6 Å². The van der Waals surface area contributed by atoms with Crippen molar-refractivity contribution in [2.24, 2.45) is 0 Å². The molecule has 0 spiro atoms. The number of amides is 1. The molecule has 1 aromatic heterocycles. The summed E-state index contributed by atoms with van der Waals surface area (Å²) in [4.78, 5) is 24.6. The first-order chi connectivity index (χ1) is 14.9. The lowest BCUT2D eigenvalue weighted by Gasteiger charge is -2.16. The largest absolute Gasteiger partial charge is 0.482 e. The first-order valence-corrected chi connectivity index (χ1v) is 10.2. The zero-order valence-electron chi connectivity index (χ0n) is 17.9. The van der Waals surface area contributed by atoms with E-state index in [1.165, 1.54) is 6.92 Å². The lowest BCUT2D eigenvalue weighted by atomic mass is 10.0. The summed E-state index contributed by atoms with van der Waals surface area (Å²) in [6.07, 6.45) is 1.33. The Morgan fingerprint density at radius 1 is 1.00 bits per heavy atom. The Balaban J connectivity index is 1.53. The van der Waals surface area contributed by atoms with Crippen molar-refractivity contribution in [1.29, 1.82) is 0 Å². The zero-order valence-corrected chi connectivity index (χ0v) is 17.9. The number of nitrogens with zero attached hydrogens (tertiary/aromatic N) is 2. The third-order valence-electron chi connectivity index (χ3n) is 4.64. The van der Waals surface area contributed by atoms with E-state index in [0.717, 1.165) is 11.1 Å². The number of ether oxygens (including phenoxy) is 2. The molecule has 0 aliphatic rings. The average molecular weight is 421 g/mol. The van der Waals surface area contributed by atoms with Gasteiger partial charge in [-0.3, -0.25) is 4.79 Å². The Labute approximate surface area is 182 Å². The van der Waals surface area contributed by atoms with Crippen LogP contribution < -0.4 is 10.1 Å². The van der Waals surface area contributed by atoms with Gasteiger partial charge in [-0.05, 0) is 38.0 Å². The maximum atomic E-state index is 12.4. The van der Waals surface area contributed by atoms with E-state index in [1.54, 1.807) is 16.9 Å². The Morgan fingerprint density at radius 3 is 2.45 bits per heavy atom. The summed E-state index contributed by atoms with van der Waals surface area (Å²) in [6.45, 7) is 5.15. The lowest BCUT2D eigenvalue weighted by Crippen LogP contribution is -2.32. The summed E-state index contributed by atoms with van der Waals surface area (Å²) in [7, 11) is 0. The molecule has 1 N–H and O–H groups in total. The van der Waals surface area contributed by atoms with Crippen molar-refractivity contribution in [3.05, 3.63) is 78.0 Å². The van der Waals surface area contributed by atoms with Crippen LogP contribution in [0.4, 0.5) is 5.82 Å². The molecule has 1 amide bonds. The van der Waals surface area contributed by atoms with Crippen molar-refractivity contribution in [3.8, 4) is 5.75 Å². The van der Waals surface area contributed by atoms with Gasteiger partial charge in [-0.2, -0.15) is 5.10 Å².